The predicted molar refractivity (Wildman–Crippen MR) is 78.6 cm³/mol. The van der Waals surface area contributed by atoms with Crippen molar-refractivity contribution in [3.8, 4) is 0 Å². The van der Waals surface area contributed by atoms with Crippen LogP contribution in [0.1, 0.15) is 0 Å². The number of anilines is 2. The lowest BCUT2D eigenvalue weighted by Crippen LogP contribution is -2.16. The Balaban J connectivity index is 2.43. The second kappa shape index (κ2) is 5.36. The number of sulfonamides is 1. The molecule has 1 aromatic heterocycles. The molecule has 0 aliphatic rings. The molecule has 19 heavy (non-hydrogen) atoms. The van der Waals surface area contributed by atoms with Crippen molar-refractivity contribution in [2.24, 2.45) is 0 Å². The smallest absolute Gasteiger partial charge is 0.281 e. The van der Waals surface area contributed by atoms with Crippen molar-refractivity contribution in [1.29, 1.82) is 0 Å². The van der Waals surface area contributed by atoms with E-state index in [0.717, 1.165) is 0 Å². The highest BCUT2D eigenvalue weighted by atomic mass is 79.9. The number of nitrogens with zero attached hydrogens (tertiary/aromatic N) is 1. The van der Waals surface area contributed by atoms with Gasteiger partial charge in [-0.3, -0.25) is 4.72 Å². The van der Waals surface area contributed by atoms with Gasteiger partial charge in [0, 0.05) is 15.7 Å². The van der Waals surface area contributed by atoms with Crippen LogP contribution in [0.25, 0.3) is 0 Å². The van der Waals surface area contributed by atoms with E-state index in [1.54, 1.807) is 18.2 Å². The first-order valence-corrected chi connectivity index (χ1v) is 7.74. The van der Waals surface area contributed by atoms with Crippen molar-refractivity contribution in [3.63, 3.8) is 0 Å². The van der Waals surface area contributed by atoms with Crippen LogP contribution in [0.2, 0.25) is 5.02 Å². The summed E-state index contributed by atoms with van der Waals surface area (Å²) < 4.78 is 27.3. The number of rotatable bonds is 3. The van der Waals surface area contributed by atoms with E-state index >= 15 is 0 Å². The second-order valence-electron chi connectivity index (χ2n) is 3.63. The summed E-state index contributed by atoms with van der Waals surface area (Å²) in [4.78, 5) is 3.77. The third-order valence-electron chi connectivity index (χ3n) is 2.23. The third-order valence-corrected chi connectivity index (χ3v) is 4.49. The molecule has 2 aromatic rings. The lowest BCUT2D eigenvalue weighted by atomic mass is 10.3. The van der Waals surface area contributed by atoms with Crippen LogP contribution in [0.15, 0.2) is 46.0 Å². The Labute approximate surface area is 124 Å². The van der Waals surface area contributed by atoms with E-state index in [0.29, 0.717) is 15.2 Å². The minimum atomic E-state index is -3.86. The number of benzene rings is 1. The van der Waals surface area contributed by atoms with Gasteiger partial charge < -0.3 is 5.73 Å². The van der Waals surface area contributed by atoms with Crippen LogP contribution < -0.4 is 10.5 Å². The molecule has 0 amide bonds. The Hall–Kier alpha value is -1.31. The van der Waals surface area contributed by atoms with Crippen LogP contribution in [-0.4, -0.2) is 13.4 Å². The number of halogens is 2. The maximum atomic E-state index is 12.2. The topological polar surface area (TPSA) is 85.1 Å². The van der Waals surface area contributed by atoms with Crippen molar-refractivity contribution in [3.05, 3.63) is 46.0 Å². The first-order chi connectivity index (χ1) is 8.90. The third kappa shape index (κ3) is 3.17. The fourth-order valence-electron chi connectivity index (χ4n) is 1.40. The van der Waals surface area contributed by atoms with Crippen molar-refractivity contribution < 1.29 is 8.42 Å². The Bertz CT molecular complexity index is 722. The van der Waals surface area contributed by atoms with Crippen molar-refractivity contribution in [1.82, 2.24) is 4.98 Å². The number of nitrogen functional groups attached to an aromatic ring is 1. The highest BCUT2D eigenvalue weighted by Gasteiger charge is 2.20. The normalized spacial score (nSPS) is 11.3. The minimum Gasteiger partial charge on any atom is -0.396 e. The van der Waals surface area contributed by atoms with E-state index < -0.39 is 10.0 Å². The second-order valence-corrected chi connectivity index (χ2v) is 6.52. The molecule has 0 saturated carbocycles. The fraction of sp³-hybridized carbons (Fsp3) is 0. The van der Waals surface area contributed by atoms with Crippen LogP contribution in [0.4, 0.5) is 11.4 Å². The molecule has 0 spiro atoms. The maximum absolute atomic E-state index is 12.2. The fourth-order valence-corrected chi connectivity index (χ4v) is 3.18. The number of aromatic nitrogens is 1. The van der Waals surface area contributed by atoms with Gasteiger partial charge in [-0.1, -0.05) is 11.6 Å². The zero-order valence-corrected chi connectivity index (χ0v) is 12.6. The van der Waals surface area contributed by atoms with Gasteiger partial charge in [0.15, 0.2) is 5.03 Å². The Morgan fingerprint density at radius 2 is 2.05 bits per heavy atom. The zero-order valence-electron chi connectivity index (χ0n) is 9.47. The van der Waals surface area contributed by atoms with Crippen LogP contribution in [0.3, 0.4) is 0 Å². The molecular weight excluding hydrogens is 354 g/mol. The Morgan fingerprint density at radius 3 is 2.74 bits per heavy atom. The molecule has 0 aliphatic heterocycles. The van der Waals surface area contributed by atoms with Crippen LogP contribution in [-0.2, 0) is 10.0 Å². The number of nitrogens with two attached hydrogens (primary N) is 1. The molecule has 0 atom stereocenters. The monoisotopic (exact) mass is 361 g/mol. The molecule has 2 rings (SSSR count). The summed E-state index contributed by atoms with van der Waals surface area (Å²) in [5.41, 5.74) is 6.00. The number of hydrogen-bond donors (Lipinski definition) is 2. The van der Waals surface area contributed by atoms with Crippen molar-refractivity contribution in [2.45, 2.75) is 5.03 Å². The Kier molecular flexibility index (Phi) is 3.98. The molecule has 0 bridgehead atoms. The molecule has 100 valence electrons. The van der Waals surface area contributed by atoms with E-state index in [4.69, 9.17) is 17.3 Å². The first kappa shape index (κ1) is 14.1. The van der Waals surface area contributed by atoms with Crippen LogP contribution in [0, 0.1) is 0 Å². The van der Waals surface area contributed by atoms with Gasteiger partial charge in [-0.15, -0.1) is 0 Å². The van der Waals surface area contributed by atoms with Gasteiger partial charge >= 0.3 is 0 Å². The molecule has 8 heteroatoms. The van der Waals surface area contributed by atoms with Crippen molar-refractivity contribution in [2.75, 3.05) is 10.5 Å². The van der Waals surface area contributed by atoms with Crippen LogP contribution in [0.5, 0.6) is 0 Å². The van der Waals surface area contributed by atoms with E-state index in [1.807, 2.05) is 0 Å². The lowest BCUT2D eigenvalue weighted by molar-refractivity contribution is 0.598. The molecule has 0 radical (unpaired) electrons. The maximum Gasteiger partial charge on any atom is 0.281 e. The summed E-state index contributed by atoms with van der Waals surface area (Å²) in [6.45, 7) is 0. The predicted octanol–water partition coefficient (Wildman–Crippen LogP) is 2.88. The van der Waals surface area contributed by atoms with Gasteiger partial charge in [-0.05, 0) is 46.3 Å². The number of nitrogens with one attached hydrogen (secondary N) is 1. The van der Waals surface area contributed by atoms with E-state index in [9.17, 15) is 8.42 Å². The average Bonchev–Trinajstić information content (AvgIpc) is 2.34. The van der Waals surface area contributed by atoms with Gasteiger partial charge in [0.2, 0.25) is 0 Å². The van der Waals surface area contributed by atoms with E-state index in [-0.39, 0.29) is 10.7 Å². The summed E-state index contributed by atoms with van der Waals surface area (Å²) in [7, 11) is -3.86. The highest BCUT2D eigenvalue weighted by molar-refractivity contribution is 9.10. The summed E-state index contributed by atoms with van der Waals surface area (Å²) in [5.74, 6) is 0. The molecule has 3 N–H and O–H groups in total. The quantitative estimate of drug-likeness (QED) is 0.879. The molecule has 5 nitrogen and oxygen atoms in total. The first-order valence-electron chi connectivity index (χ1n) is 5.08. The molecule has 0 saturated heterocycles. The van der Waals surface area contributed by atoms with Gasteiger partial charge in [-0.2, -0.15) is 8.42 Å². The van der Waals surface area contributed by atoms with Gasteiger partial charge in [0.05, 0.1) is 11.4 Å². The molecule has 0 fully saturated rings. The highest BCUT2D eigenvalue weighted by Crippen LogP contribution is 2.28. The zero-order chi connectivity index (χ0) is 14.0. The SMILES string of the molecule is Nc1cccnc1S(=O)(=O)Nc1cc(Cl)ccc1Br. The summed E-state index contributed by atoms with van der Waals surface area (Å²) in [5, 5.41) is 0.191. The molecular formula is C11H9BrClN3O2S. The summed E-state index contributed by atoms with van der Waals surface area (Å²) in [6.07, 6.45) is 1.36. The standard InChI is InChI=1S/C11H9BrClN3O2S/c12-8-4-3-7(13)6-10(8)16-19(17,18)11-9(14)2-1-5-15-11/h1-6,16H,14H2. The van der Waals surface area contributed by atoms with Gasteiger partial charge in [0.25, 0.3) is 10.0 Å². The summed E-state index contributed by atoms with van der Waals surface area (Å²) in [6, 6.07) is 7.79. The largest absolute Gasteiger partial charge is 0.396 e. The molecule has 1 heterocycles. The molecule has 0 aliphatic carbocycles. The number of pyridine rings is 1. The molecule has 1 aromatic carbocycles. The van der Waals surface area contributed by atoms with E-state index in [2.05, 4.69) is 25.6 Å². The lowest BCUT2D eigenvalue weighted by Gasteiger charge is -2.10. The minimum absolute atomic E-state index is 0.0770. The van der Waals surface area contributed by atoms with Gasteiger partial charge in [-0.25, -0.2) is 4.98 Å². The number of hydrogen-bond acceptors (Lipinski definition) is 4. The molecule has 0 unspecified atom stereocenters. The average molecular weight is 363 g/mol. The van der Waals surface area contributed by atoms with Crippen LogP contribution >= 0.6 is 27.5 Å². The van der Waals surface area contributed by atoms with Gasteiger partial charge in [0.1, 0.15) is 0 Å². The summed E-state index contributed by atoms with van der Waals surface area (Å²) >= 11 is 9.06. The van der Waals surface area contributed by atoms with E-state index in [1.165, 1.54) is 18.3 Å². The van der Waals surface area contributed by atoms with Crippen molar-refractivity contribution >= 4 is 48.9 Å². The Morgan fingerprint density at radius 1 is 1.32 bits per heavy atom.